The molecule has 7 heteroatoms. The fourth-order valence-corrected chi connectivity index (χ4v) is 2.52. The third kappa shape index (κ3) is 3.69. The molecule has 2 heterocycles. The molecular formula is C13H20N6S. The van der Waals surface area contributed by atoms with Gasteiger partial charge >= 0.3 is 0 Å². The van der Waals surface area contributed by atoms with Crippen LogP contribution in [0.4, 0.5) is 0 Å². The van der Waals surface area contributed by atoms with Gasteiger partial charge in [-0.2, -0.15) is 5.10 Å². The number of thiocarbonyl (C=S) groups is 1. The predicted molar refractivity (Wildman–Crippen MR) is 80.7 cm³/mol. The topological polar surface area (TPSA) is 61.4 Å². The number of aromatic nitrogens is 6. The molecule has 108 valence electrons. The minimum atomic E-state index is 0.707. The van der Waals surface area contributed by atoms with Gasteiger partial charge in [-0.1, -0.05) is 18.6 Å². The number of rotatable bonds is 7. The van der Waals surface area contributed by atoms with Gasteiger partial charge < -0.3 is 0 Å². The van der Waals surface area contributed by atoms with Crippen LogP contribution >= 0.6 is 12.2 Å². The number of nitrogens with zero attached hydrogens (tertiary/aromatic N) is 6. The van der Waals surface area contributed by atoms with Crippen LogP contribution in [-0.4, -0.2) is 34.9 Å². The molecule has 0 N–H and O–H groups in total. The first-order valence-electron chi connectivity index (χ1n) is 6.84. The molecule has 20 heavy (non-hydrogen) atoms. The minimum absolute atomic E-state index is 0.707. The zero-order valence-electron chi connectivity index (χ0n) is 12.2. The molecule has 0 spiro atoms. The van der Waals surface area contributed by atoms with Crippen LogP contribution < -0.4 is 0 Å². The number of aryl methyl sites for hydroxylation is 4. The molecule has 0 atom stereocenters. The standard InChI is InChI=1S/C13H20N6S/c1-10-9-11(2)19(15-10)8-6-4-5-7-12(20)13-14-16-17-18(13)3/h9H,4-8H2,1-3H3. The first-order valence-corrected chi connectivity index (χ1v) is 7.25. The van der Waals surface area contributed by atoms with Gasteiger partial charge in [-0.3, -0.25) is 4.68 Å². The number of hydrogen-bond donors (Lipinski definition) is 0. The van der Waals surface area contributed by atoms with Crippen molar-refractivity contribution < 1.29 is 0 Å². The Kier molecular flexibility index (Phi) is 4.94. The molecule has 0 radical (unpaired) electrons. The maximum absolute atomic E-state index is 5.35. The van der Waals surface area contributed by atoms with Crippen molar-refractivity contribution in [1.82, 2.24) is 30.0 Å². The van der Waals surface area contributed by atoms with Gasteiger partial charge in [-0.15, -0.1) is 5.10 Å². The van der Waals surface area contributed by atoms with Crippen molar-refractivity contribution in [3.63, 3.8) is 0 Å². The van der Waals surface area contributed by atoms with E-state index < -0.39 is 0 Å². The summed E-state index contributed by atoms with van der Waals surface area (Å²) in [6, 6.07) is 2.11. The molecule has 0 aromatic carbocycles. The second-order valence-corrected chi connectivity index (χ2v) is 5.50. The average Bonchev–Trinajstić information content (AvgIpc) is 2.95. The van der Waals surface area contributed by atoms with Crippen LogP contribution in [0.25, 0.3) is 0 Å². The third-order valence-corrected chi connectivity index (χ3v) is 3.63. The van der Waals surface area contributed by atoms with Crippen molar-refractivity contribution in [3.05, 3.63) is 23.3 Å². The summed E-state index contributed by atoms with van der Waals surface area (Å²) < 4.78 is 3.69. The highest BCUT2D eigenvalue weighted by Crippen LogP contribution is 2.09. The molecule has 6 nitrogen and oxygen atoms in total. The lowest BCUT2D eigenvalue weighted by Gasteiger charge is -2.05. The number of unbranched alkanes of at least 4 members (excludes halogenated alkanes) is 2. The van der Waals surface area contributed by atoms with Crippen LogP contribution in [-0.2, 0) is 13.6 Å². The lowest BCUT2D eigenvalue weighted by atomic mass is 10.1. The second-order valence-electron chi connectivity index (χ2n) is 5.01. The monoisotopic (exact) mass is 292 g/mol. The van der Waals surface area contributed by atoms with Crippen molar-refractivity contribution in [1.29, 1.82) is 0 Å². The normalized spacial score (nSPS) is 10.9. The van der Waals surface area contributed by atoms with E-state index in [4.69, 9.17) is 12.2 Å². The van der Waals surface area contributed by atoms with Gasteiger partial charge in [0.25, 0.3) is 0 Å². The van der Waals surface area contributed by atoms with Crippen LogP contribution in [0.15, 0.2) is 6.07 Å². The first-order chi connectivity index (χ1) is 9.58. The molecular weight excluding hydrogens is 272 g/mol. The highest BCUT2D eigenvalue weighted by molar-refractivity contribution is 7.80. The Hall–Kier alpha value is -1.63. The van der Waals surface area contributed by atoms with Crippen LogP contribution in [0.5, 0.6) is 0 Å². The van der Waals surface area contributed by atoms with Gasteiger partial charge in [0.2, 0.25) is 0 Å². The average molecular weight is 292 g/mol. The molecule has 2 aromatic heterocycles. The number of tetrazole rings is 1. The summed E-state index contributed by atoms with van der Waals surface area (Å²) in [5, 5.41) is 15.8. The van der Waals surface area contributed by atoms with E-state index in [1.165, 1.54) is 5.69 Å². The SMILES string of the molecule is Cc1cc(C)n(CCCCCC(=S)c2nnnn2C)n1. The van der Waals surface area contributed by atoms with Crippen molar-refractivity contribution in [3.8, 4) is 0 Å². The van der Waals surface area contributed by atoms with E-state index >= 15 is 0 Å². The highest BCUT2D eigenvalue weighted by atomic mass is 32.1. The molecule has 0 aliphatic heterocycles. The Labute approximate surface area is 124 Å². The fourth-order valence-electron chi connectivity index (χ4n) is 2.20. The summed E-state index contributed by atoms with van der Waals surface area (Å²) in [6.45, 7) is 5.09. The molecule has 0 saturated heterocycles. The maximum atomic E-state index is 5.35. The molecule has 0 fully saturated rings. The van der Waals surface area contributed by atoms with Crippen LogP contribution in [0, 0.1) is 13.8 Å². The lowest BCUT2D eigenvalue weighted by Crippen LogP contribution is -2.07. The van der Waals surface area contributed by atoms with Gasteiger partial charge in [0.15, 0.2) is 5.82 Å². The van der Waals surface area contributed by atoms with Crippen molar-refractivity contribution in [2.45, 2.75) is 46.1 Å². The zero-order valence-corrected chi connectivity index (χ0v) is 13.0. The van der Waals surface area contributed by atoms with E-state index in [9.17, 15) is 0 Å². The van der Waals surface area contributed by atoms with Crippen LogP contribution in [0.3, 0.4) is 0 Å². The molecule has 0 saturated carbocycles. The Morgan fingerprint density at radius 2 is 2.05 bits per heavy atom. The second kappa shape index (κ2) is 6.69. The summed E-state index contributed by atoms with van der Waals surface area (Å²) in [5.41, 5.74) is 2.31. The highest BCUT2D eigenvalue weighted by Gasteiger charge is 2.08. The predicted octanol–water partition coefficient (Wildman–Crippen LogP) is 2.00. The maximum Gasteiger partial charge on any atom is 0.188 e. The fraction of sp³-hybridized carbons (Fsp3) is 0.615. The summed E-state index contributed by atoms with van der Waals surface area (Å²) in [4.78, 5) is 0.837. The molecule has 2 aromatic rings. The van der Waals surface area contributed by atoms with Gasteiger partial charge in [0.05, 0.1) is 10.6 Å². The van der Waals surface area contributed by atoms with Crippen LogP contribution in [0.2, 0.25) is 0 Å². The van der Waals surface area contributed by atoms with E-state index in [-0.39, 0.29) is 0 Å². The third-order valence-electron chi connectivity index (χ3n) is 3.25. The van der Waals surface area contributed by atoms with Gasteiger partial charge in [0, 0.05) is 19.3 Å². The number of hydrogen-bond acceptors (Lipinski definition) is 5. The quantitative estimate of drug-likeness (QED) is 0.444. The molecule has 0 bridgehead atoms. The zero-order chi connectivity index (χ0) is 14.5. The Morgan fingerprint density at radius 3 is 2.65 bits per heavy atom. The smallest absolute Gasteiger partial charge is 0.188 e. The molecule has 0 unspecified atom stereocenters. The summed E-state index contributed by atoms with van der Waals surface area (Å²) >= 11 is 5.35. The minimum Gasteiger partial charge on any atom is -0.270 e. The first kappa shape index (κ1) is 14.8. The van der Waals surface area contributed by atoms with E-state index in [1.807, 2.05) is 14.0 Å². The summed E-state index contributed by atoms with van der Waals surface area (Å²) in [5.74, 6) is 0.707. The van der Waals surface area contributed by atoms with E-state index in [1.54, 1.807) is 4.68 Å². The van der Waals surface area contributed by atoms with Gasteiger partial charge in [-0.05, 0) is 49.6 Å². The van der Waals surface area contributed by atoms with Gasteiger partial charge in [0.1, 0.15) is 0 Å². The molecule has 0 amide bonds. The Balaban J connectivity index is 1.68. The van der Waals surface area contributed by atoms with Crippen molar-refractivity contribution in [2.75, 3.05) is 0 Å². The van der Waals surface area contributed by atoms with E-state index in [2.05, 4.69) is 38.3 Å². The summed E-state index contributed by atoms with van der Waals surface area (Å²) in [6.07, 6.45) is 4.16. The Morgan fingerprint density at radius 1 is 1.25 bits per heavy atom. The van der Waals surface area contributed by atoms with E-state index in [0.29, 0.717) is 5.82 Å². The van der Waals surface area contributed by atoms with Crippen LogP contribution in [0.1, 0.15) is 42.9 Å². The Bertz CT molecular complexity index is 585. The van der Waals surface area contributed by atoms with Crippen molar-refractivity contribution in [2.24, 2.45) is 7.05 Å². The molecule has 0 aliphatic carbocycles. The largest absolute Gasteiger partial charge is 0.270 e. The molecule has 2 rings (SSSR count). The molecule has 0 aliphatic rings. The van der Waals surface area contributed by atoms with Gasteiger partial charge in [-0.25, -0.2) is 4.68 Å². The van der Waals surface area contributed by atoms with E-state index in [0.717, 1.165) is 42.8 Å². The van der Waals surface area contributed by atoms with Crippen molar-refractivity contribution >= 4 is 17.1 Å². The lowest BCUT2D eigenvalue weighted by molar-refractivity contribution is 0.535. The summed E-state index contributed by atoms with van der Waals surface area (Å²) in [7, 11) is 1.81.